The summed E-state index contributed by atoms with van der Waals surface area (Å²) in [5, 5.41) is 3.41. The Balaban J connectivity index is 1.52. The minimum Gasteiger partial charge on any atom is -0.455 e. The van der Waals surface area contributed by atoms with E-state index in [0.717, 1.165) is 28.5 Å². The summed E-state index contributed by atoms with van der Waals surface area (Å²) in [4.78, 5) is 4.60. The van der Waals surface area contributed by atoms with E-state index in [2.05, 4.69) is 10.3 Å². The van der Waals surface area contributed by atoms with E-state index in [1.54, 1.807) is 0 Å². The predicted molar refractivity (Wildman–Crippen MR) is 95.5 cm³/mol. The SMILES string of the molecule is c1ccc(Oc2ccccc2NCc2cn3ccccc3n2)cc1. The highest BCUT2D eigenvalue weighted by atomic mass is 16.5. The first-order chi connectivity index (χ1) is 11.9. The number of ether oxygens (including phenoxy) is 1. The standard InChI is InChI=1S/C20H17N3O/c1-2-8-17(9-3-1)24-19-11-5-4-10-18(19)21-14-16-15-23-13-7-6-12-20(23)22-16/h1-13,15,21H,14H2. The van der Waals surface area contributed by atoms with Gasteiger partial charge in [0.15, 0.2) is 5.75 Å². The van der Waals surface area contributed by atoms with Crippen LogP contribution in [0.15, 0.2) is 85.2 Å². The van der Waals surface area contributed by atoms with Crippen LogP contribution >= 0.6 is 0 Å². The van der Waals surface area contributed by atoms with Crippen LogP contribution in [0.1, 0.15) is 5.69 Å². The molecule has 0 bridgehead atoms. The van der Waals surface area contributed by atoms with Gasteiger partial charge in [0.1, 0.15) is 11.4 Å². The largest absolute Gasteiger partial charge is 0.455 e. The molecule has 2 aromatic carbocycles. The van der Waals surface area contributed by atoms with E-state index >= 15 is 0 Å². The van der Waals surface area contributed by atoms with Crippen LogP contribution in [0.3, 0.4) is 0 Å². The number of nitrogens with one attached hydrogen (secondary N) is 1. The van der Waals surface area contributed by atoms with E-state index < -0.39 is 0 Å². The second-order valence-corrected chi connectivity index (χ2v) is 5.46. The molecule has 0 atom stereocenters. The van der Waals surface area contributed by atoms with Crippen molar-refractivity contribution in [2.75, 3.05) is 5.32 Å². The van der Waals surface area contributed by atoms with Gasteiger partial charge >= 0.3 is 0 Å². The zero-order valence-corrected chi connectivity index (χ0v) is 13.1. The van der Waals surface area contributed by atoms with Gasteiger partial charge in [-0.25, -0.2) is 4.98 Å². The lowest BCUT2D eigenvalue weighted by molar-refractivity contribution is 0.484. The number of aromatic nitrogens is 2. The van der Waals surface area contributed by atoms with Gasteiger partial charge in [-0.1, -0.05) is 36.4 Å². The maximum atomic E-state index is 5.97. The molecule has 0 aliphatic carbocycles. The first-order valence-electron chi connectivity index (χ1n) is 7.87. The molecule has 0 saturated carbocycles. The molecule has 4 nitrogen and oxygen atoms in total. The minimum atomic E-state index is 0.636. The molecule has 4 rings (SSSR count). The zero-order valence-electron chi connectivity index (χ0n) is 13.1. The Morgan fingerprint density at radius 2 is 1.67 bits per heavy atom. The third-order valence-electron chi connectivity index (χ3n) is 3.73. The zero-order chi connectivity index (χ0) is 16.2. The van der Waals surface area contributed by atoms with Gasteiger partial charge in [0.2, 0.25) is 0 Å². The summed E-state index contributed by atoms with van der Waals surface area (Å²) in [6, 6.07) is 23.7. The monoisotopic (exact) mass is 315 g/mol. The highest BCUT2D eigenvalue weighted by Gasteiger charge is 2.06. The number of imidazole rings is 1. The van der Waals surface area contributed by atoms with E-state index in [0.29, 0.717) is 6.54 Å². The van der Waals surface area contributed by atoms with Gasteiger partial charge in [-0.05, 0) is 36.4 Å². The Morgan fingerprint density at radius 3 is 2.54 bits per heavy atom. The number of fused-ring (bicyclic) bond motifs is 1. The Labute approximate surface area is 140 Å². The summed E-state index contributed by atoms with van der Waals surface area (Å²) >= 11 is 0. The Bertz CT molecular complexity index is 914. The van der Waals surface area contributed by atoms with Crippen molar-refractivity contribution in [1.82, 2.24) is 9.38 Å². The number of rotatable bonds is 5. The highest BCUT2D eigenvalue weighted by Crippen LogP contribution is 2.29. The van der Waals surface area contributed by atoms with Gasteiger partial charge in [0.25, 0.3) is 0 Å². The van der Waals surface area contributed by atoms with Crippen molar-refractivity contribution in [3.8, 4) is 11.5 Å². The molecule has 0 unspecified atom stereocenters. The summed E-state index contributed by atoms with van der Waals surface area (Å²) in [6.07, 6.45) is 4.03. The molecule has 0 aliphatic heterocycles. The normalized spacial score (nSPS) is 10.7. The lowest BCUT2D eigenvalue weighted by Gasteiger charge is -2.12. The second-order valence-electron chi connectivity index (χ2n) is 5.46. The molecular formula is C20H17N3O. The summed E-state index contributed by atoms with van der Waals surface area (Å²) in [5.74, 6) is 1.62. The third-order valence-corrected chi connectivity index (χ3v) is 3.73. The molecule has 24 heavy (non-hydrogen) atoms. The summed E-state index contributed by atoms with van der Waals surface area (Å²) in [7, 11) is 0. The van der Waals surface area contributed by atoms with Crippen LogP contribution in [0, 0.1) is 0 Å². The average Bonchev–Trinajstić information content (AvgIpc) is 3.05. The van der Waals surface area contributed by atoms with Gasteiger partial charge in [-0.15, -0.1) is 0 Å². The van der Waals surface area contributed by atoms with Crippen LogP contribution in [0.2, 0.25) is 0 Å². The molecule has 0 spiro atoms. The summed E-state index contributed by atoms with van der Waals surface area (Å²) in [5.41, 5.74) is 2.87. The van der Waals surface area contributed by atoms with Crippen molar-refractivity contribution in [2.24, 2.45) is 0 Å². The number of hydrogen-bond acceptors (Lipinski definition) is 3. The number of anilines is 1. The topological polar surface area (TPSA) is 38.6 Å². The van der Waals surface area contributed by atoms with E-state index in [1.165, 1.54) is 0 Å². The van der Waals surface area contributed by atoms with E-state index in [4.69, 9.17) is 4.74 Å². The van der Waals surface area contributed by atoms with E-state index in [-0.39, 0.29) is 0 Å². The summed E-state index contributed by atoms with van der Waals surface area (Å²) < 4.78 is 7.99. The molecular weight excluding hydrogens is 298 g/mol. The van der Waals surface area contributed by atoms with E-state index in [9.17, 15) is 0 Å². The van der Waals surface area contributed by atoms with Crippen LogP contribution in [-0.4, -0.2) is 9.38 Å². The Hall–Kier alpha value is -3.27. The number of nitrogens with zero attached hydrogens (tertiary/aromatic N) is 2. The molecule has 118 valence electrons. The fourth-order valence-electron chi connectivity index (χ4n) is 2.58. The molecule has 4 heteroatoms. The maximum absolute atomic E-state index is 5.97. The van der Waals surface area contributed by atoms with Crippen molar-refractivity contribution in [1.29, 1.82) is 0 Å². The Morgan fingerprint density at radius 1 is 0.875 bits per heavy atom. The summed E-state index contributed by atoms with van der Waals surface area (Å²) in [6.45, 7) is 0.636. The van der Waals surface area contributed by atoms with Crippen LogP contribution < -0.4 is 10.1 Å². The van der Waals surface area contributed by atoms with Crippen LogP contribution in [0.25, 0.3) is 5.65 Å². The fraction of sp³-hybridized carbons (Fsp3) is 0.0500. The quantitative estimate of drug-likeness (QED) is 0.578. The molecule has 0 aliphatic rings. The highest BCUT2D eigenvalue weighted by molar-refractivity contribution is 5.57. The smallest absolute Gasteiger partial charge is 0.150 e. The fourth-order valence-corrected chi connectivity index (χ4v) is 2.58. The molecule has 2 aromatic heterocycles. The van der Waals surface area contributed by atoms with Crippen LogP contribution in [-0.2, 0) is 6.54 Å². The second kappa shape index (κ2) is 6.46. The first-order valence-corrected chi connectivity index (χ1v) is 7.87. The average molecular weight is 315 g/mol. The van der Waals surface area contributed by atoms with Gasteiger partial charge in [0.05, 0.1) is 17.9 Å². The van der Waals surface area contributed by atoms with Crippen molar-refractivity contribution in [3.05, 3.63) is 90.9 Å². The van der Waals surface area contributed by atoms with Crippen molar-refractivity contribution in [3.63, 3.8) is 0 Å². The number of para-hydroxylation sites is 3. The molecule has 0 fully saturated rings. The molecule has 2 heterocycles. The Kier molecular flexibility index (Phi) is 3.86. The number of hydrogen-bond donors (Lipinski definition) is 1. The van der Waals surface area contributed by atoms with Crippen LogP contribution in [0.5, 0.6) is 11.5 Å². The maximum Gasteiger partial charge on any atom is 0.150 e. The first kappa shape index (κ1) is 14.3. The lowest BCUT2D eigenvalue weighted by Crippen LogP contribution is -2.01. The lowest BCUT2D eigenvalue weighted by atomic mass is 10.2. The molecule has 4 aromatic rings. The van der Waals surface area contributed by atoms with Crippen molar-refractivity contribution < 1.29 is 4.74 Å². The third kappa shape index (κ3) is 3.08. The van der Waals surface area contributed by atoms with Crippen molar-refractivity contribution in [2.45, 2.75) is 6.54 Å². The van der Waals surface area contributed by atoms with Crippen LogP contribution in [0.4, 0.5) is 5.69 Å². The van der Waals surface area contributed by atoms with Gasteiger partial charge in [0, 0.05) is 12.4 Å². The van der Waals surface area contributed by atoms with Gasteiger partial charge in [-0.3, -0.25) is 0 Å². The predicted octanol–water partition coefficient (Wildman–Crippen LogP) is 4.74. The van der Waals surface area contributed by atoms with Gasteiger partial charge < -0.3 is 14.5 Å². The molecule has 0 saturated heterocycles. The molecule has 0 radical (unpaired) electrons. The molecule has 0 amide bonds. The van der Waals surface area contributed by atoms with E-state index in [1.807, 2.05) is 89.6 Å². The minimum absolute atomic E-state index is 0.636. The number of benzene rings is 2. The van der Waals surface area contributed by atoms with Crippen molar-refractivity contribution >= 4 is 11.3 Å². The van der Waals surface area contributed by atoms with Gasteiger partial charge in [-0.2, -0.15) is 0 Å². The molecule has 1 N–H and O–H groups in total. The number of pyridine rings is 1.